The highest BCUT2D eigenvalue weighted by Crippen LogP contribution is 2.48. The minimum atomic E-state index is -0.322. The van der Waals surface area contributed by atoms with Crippen molar-refractivity contribution in [1.82, 2.24) is 0 Å². The van der Waals surface area contributed by atoms with Crippen molar-refractivity contribution in [2.45, 2.75) is 240 Å². The van der Waals surface area contributed by atoms with E-state index in [9.17, 15) is 5.11 Å². The van der Waals surface area contributed by atoms with E-state index in [2.05, 4.69) is 319 Å². The monoisotopic (exact) mass is 1480 g/mol. The maximum Gasteiger partial charge on any atom is 0.126 e. The number of hydrogen-bond donors (Lipinski definition) is 2. The second-order valence-electron chi connectivity index (χ2n) is 37.1. The van der Waals surface area contributed by atoms with E-state index in [1.807, 2.05) is 0 Å². The van der Waals surface area contributed by atoms with Gasteiger partial charge in [0.1, 0.15) is 79.9 Å². The quantitative estimate of drug-likeness (QED) is 0.118. The predicted molar refractivity (Wildman–Crippen MR) is 455 cm³/mol. The summed E-state index contributed by atoms with van der Waals surface area (Å²) in [6.45, 7) is 43.2. The predicted octanol–water partition coefficient (Wildman–Crippen LogP) is 25.1. The number of ether oxygens (including phenoxy) is 6. The highest BCUT2D eigenvalue weighted by Gasteiger charge is 2.33. The molecule has 8 heteroatoms. The number of phenolic OH excluding ortho intramolecular Hbond substituents is 1. The number of phenols is 1. The van der Waals surface area contributed by atoms with E-state index in [0.29, 0.717) is 69.8 Å². The van der Waals surface area contributed by atoms with E-state index in [-0.39, 0.29) is 51.5 Å². The largest absolute Gasteiger partial charge is 0.508 e. The van der Waals surface area contributed by atoms with Crippen molar-refractivity contribution in [3.8, 4) is 40.2 Å². The van der Waals surface area contributed by atoms with Crippen molar-refractivity contribution in [3.63, 3.8) is 0 Å². The Morgan fingerprint density at radius 2 is 0.445 bits per heavy atom. The maximum absolute atomic E-state index is 12.2. The lowest BCUT2D eigenvalue weighted by Gasteiger charge is -2.29. The summed E-state index contributed by atoms with van der Waals surface area (Å²) in [5, 5.41) is 12.2. The Morgan fingerprint density at radius 1 is 0.264 bits per heavy atom. The Hall–Kier alpha value is -9.63. The number of thiol groups is 1. The normalized spacial score (nSPS) is 13.6. The molecule has 110 heavy (non-hydrogen) atoms. The molecule has 570 valence electrons. The van der Waals surface area contributed by atoms with Gasteiger partial charge in [-0.25, -0.2) is 0 Å². The molecule has 0 spiro atoms. The van der Waals surface area contributed by atoms with Crippen LogP contribution in [-0.2, 0) is 111 Å². The van der Waals surface area contributed by atoms with Crippen LogP contribution in [0.4, 0.5) is 0 Å². The van der Waals surface area contributed by atoms with E-state index in [1.165, 1.54) is 22.3 Å². The topological polar surface area (TPSA) is 75.6 Å². The van der Waals surface area contributed by atoms with Crippen LogP contribution < -0.4 is 28.4 Å². The minimum absolute atomic E-state index is 0.0910. The second-order valence-corrected chi connectivity index (χ2v) is 37.5. The van der Waals surface area contributed by atoms with Crippen LogP contribution in [0.25, 0.3) is 0 Å². The summed E-state index contributed by atoms with van der Waals surface area (Å²) in [5.74, 6) is 4.89. The van der Waals surface area contributed by atoms with Gasteiger partial charge in [-0.15, -0.1) is 12.6 Å². The Balaban J connectivity index is 1.21. The molecule has 12 bridgehead atoms. The lowest BCUT2D eigenvalue weighted by Crippen LogP contribution is -2.18. The zero-order chi connectivity index (χ0) is 78.2. The summed E-state index contributed by atoms with van der Waals surface area (Å²) in [5.41, 5.74) is 23.4. The van der Waals surface area contributed by atoms with Crippen LogP contribution in [-0.4, -0.2) is 5.11 Å². The first-order valence-corrected chi connectivity index (χ1v) is 39.9. The first-order valence-electron chi connectivity index (χ1n) is 39.5. The molecule has 0 aliphatic carbocycles. The smallest absolute Gasteiger partial charge is 0.126 e. The molecule has 0 aromatic heterocycles. The molecular weight excluding hydrogens is 1370 g/mol. The number of aromatic hydroxyl groups is 1. The van der Waals surface area contributed by atoms with Gasteiger partial charge < -0.3 is 33.5 Å². The molecule has 1 N–H and O–H groups in total. The average molecular weight is 1480 g/mol. The van der Waals surface area contributed by atoms with Gasteiger partial charge in [-0.3, -0.25) is 0 Å². The highest BCUT2D eigenvalue weighted by atomic mass is 32.1. The Bertz CT molecular complexity index is 4540. The van der Waals surface area contributed by atoms with Crippen LogP contribution in [0.3, 0.4) is 0 Å². The first-order chi connectivity index (χ1) is 52.0. The fourth-order valence-electron chi connectivity index (χ4n) is 15.2. The molecule has 0 atom stereocenters. The number of rotatable bonds is 12. The third-order valence-corrected chi connectivity index (χ3v) is 22.4. The molecule has 0 radical (unpaired) electrons. The number of fused-ring (bicyclic) bond motifs is 10. The van der Waals surface area contributed by atoms with Gasteiger partial charge in [0.15, 0.2) is 0 Å². The third kappa shape index (κ3) is 18.5. The van der Waals surface area contributed by atoms with Crippen LogP contribution in [0.2, 0.25) is 0 Å². The molecule has 11 aromatic rings. The highest BCUT2D eigenvalue weighted by molar-refractivity contribution is 7.80. The van der Waals surface area contributed by atoms with Crippen molar-refractivity contribution in [2.24, 2.45) is 0 Å². The standard InChI is InChI=1S/C102H114O7S/c1-97(2,3)83-45-69-39-70-46-84(98(4,5)6)50-74(91(70)105-60-66-33-25-20-26-34-66)42-79-55-88(102(16,17)18)56-80-44-76-52-86(100(10,11)12)48-72(93(76)107-62-68-37-29-22-30-38-68)40-71-47-85(99(7,8)9)51-75(92(71)106-61-67-35-27-21-28-36-67)43-78-54-87(101(13,14)15)53-77(41-73(49-83)90(69)104-59-65-31-23-19-24-32-65)94(78)108-63-81-57-89(103)58-82(96(81)110)64-109-95(79)80/h19-38,45-58,103,110H,39-44,59-64H2,1-18H3. The summed E-state index contributed by atoms with van der Waals surface area (Å²) < 4.78 is 45.8. The van der Waals surface area contributed by atoms with Crippen molar-refractivity contribution in [1.29, 1.82) is 0 Å². The van der Waals surface area contributed by atoms with Gasteiger partial charge in [-0.05, 0) is 167 Å². The Labute approximate surface area is 662 Å². The Kier molecular flexibility index (Phi) is 22.6. The average Bonchev–Trinajstić information content (AvgIpc) is 0.766. The van der Waals surface area contributed by atoms with E-state index in [0.717, 1.165) is 146 Å². The van der Waals surface area contributed by atoms with Gasteiger partial charge >= 0.3 is 0 Å². The molecule has 0 fully saturated rings. The minimum Gasteiger partial charge on any atom is -0.508 e. The summed E-state index contributed by atoms with van der Waals surface area (Å²) >= 11 is 5.50. The van der Waals surface area contributed by atoms with Gasteiger partial charge in [0, 0.05) is 54.5 Å². The van der Waals surface area contributed by atoms with Crippen LogP contribution in [0.1, 0.15) is 258 Å². The van der Waals surface area contributed by atoms with Crippen LogP contribution >= 0.6 is 12.6 Å². The SMILES string of the molecule is CC(C)(C)c1cc2c(OCc3ccccc3)c(c1)Cc1cc(C(C)(C)C)cc3c1OCc1cc(O)cc(c1S)COc1c(cc(C(C)(C)C)cc1Cc1cc(C(C)(C)C)cc(c1OCc1ccccc1)Cc1cc(C(C)(C)C)cc(c1OCc1ccccc1)C3)Cc1cc(C(C)(C)C)cc(c1OCc1ccccc1)C2. The molecule has 2 heterocycles. The van der Waals surface area contributed by atoms with Crippen LogP contribution in [0, 0.1) is 0 Å². The molecule has 0 amide bonds. The van der Waals surface area contributed by atoms with Crippen molar-refractivity contribution < 1.29 is 33.5 Å². The molecule has 0 unspecified atom stereocenters. The van der Waals surface area contributed by atoms with E-state index < -0.39 is 0 Å². The molecule has 2 aliphatic rings. The molecule has 11 aromatic carbocycles. The lowest BCUT2D eigenvalue weighted by atomic mass is 9.79. The summed E-state index contributed by atoms with van der Waals surface area (Å²) in [7, 11) is 0. The Morgan fingerprint density at radius 3 is 0.636 bits per heavy atom. The first kappa shape index (κ1) is 78.5. The van der Waals surface area contributed by atoms with E-state index in [4.69, 9.17) is 41.0 Å². The molecular formula is C102H114O7S. The van der Waals surface area contributed by atoms with Crippen molar-refractivity contribution in [3.05, 3.63) is 340 Å². The van der Waals surface area contributed by atoms with Gasteiger partial charge in [0.05, 0.1) is 0 Å². The van der Waals surface area contributed by atoms with Crippen molar-refractivity contribution in [2.75, 3.05) is 0 Å². The van der Waals surface area contributed by atoms with Gasteiger partial charge in [0.2, 0.25) is 0 Å². The molecule has 7 nitrogen and oxygen atoms in total. The summed E-state index contributed by atoms with van der Waals surface area (Å²) in [6, 6.07) is 74.6. The molecule has 0 saturated heterocycles. The molecule has 2 aliphatic heterocycles. The fourth-order valence-corrected chi connectivity index (χ4v) is 15.5. The lowest BCUT2D eigenvalue weighted by molar-refractivity contribution is 0.285. The summed E-state index contributed by atoms with van der Waals surface area (Å²) in [6.07, 6.45) is 2.78. The fraction of sp³-hybridized carbons (Fsp3) is 0.353. The third-order valence-electron chi connectivity index (χ3n) is 21.8. The van der Waals surface area contributed by atoms with Gasteiger partial charge in [-0.1, -0.05) is 319 Å². The van der Waals surface area contributed by atoms with E-state index >= 15 is 0 Å². The van der Waals surface area contributed by atoms with Crippen molar-refractivity contribution >= 4 is 12.6 Å². The maximum atomic E-state index is 12.2. The number of hydrogen-bond acceptors (Lipinski definition) is 8. The van der Waals surface area contributed by atoms with E-state index in [1.54, 1.807) is 12.1 Å². The van der Waals surface area contributed by atoms with Gasteiger partial charge in [0.25, 0.3) is 0 Å². The molecule has 0 saturated carbocycles. The zero-order valence-electron chi connectivity index (χ0n) is 68.5. The van der Waals surface area contributed by atoms with Crippen LogP contribution in [0.15, 0.2) is 211 Å². The number of benzene rings is 11. The summed E-state index contributed by atoms with van der Waals surface area (Å²) in [4.78, 5) is 0.673. The van der Waals surface area contributed by atoms with Gasteiger partial charge in [-0.2, -0.15) is 0 Å². The second kappa shape index (κ2) is 31.6. The molecule has 13 rings (SSSR count). The van der Waals surface area contributed by atoms with Crippen LogP contribution in [0.5, 0.6) is 40.2 Å². The zero-order valence-corrected chi connectivity index (χ0v) is 69.4.